The molecular weight excluding hydrogens is 400 g/mol. The summed E-state index contributed by atoms with van der Waals surface area (Å²) in [4.78, 5) is 28.3. The van der Waals surface area contributed by atoms with Gasteiger partial charge in [0.05, 0.1) is 13.7 Å². The van der Waals surface area contributed by atoms with E-state index in [1.54, 1.807) is 0 Å². The minimum Gasteiger partial charge on any atom is -0.467 e. The van der Waals surface area contributed by atoms with Gasteiger partial charge in [0.15, 0.2) is 0 Å². The smallest absolute Gasteiger partial charge is 0.328 e. The fourth-order valence-corrected chi connectivity index (χ4v) is 3.48. The van der Waals surface area contributed by atoms with Gasteiger partial charge in [0.1, 0.15) is 12.1 Å². The van der Waals surface area contributed by atoms with Crippen LogP contribution in [-0.4, -0.2) is 41.9 Å². The highest BCUT2D eigenvalue weighted by Gasteiger charge is 2.27. The van der Waals surface area contributed by atoms with Gasteiger partial charge in [-0.1, -0.05) is 48.0 Å². The SMILES string of the molecule is COC(=O)[C@H](Cc1c[nH]c2ccccc12)NC(=O)[C@H](CS)OCc1ccc(C)cc1. The molecule has 1 heterocycles. The molecule has 2 aromatic carbocycles. The van der Waals surface area contributed by atoms with Gasteiger partial charge in [-0.25, -0.2) is 4.79 Å². The van der Waals surface area contributed by atoms with E-state index in [-0.39, 0.29) is 12.4 Å². The van der Waals surface area contributed by atoms with Crippen molar-refractivity contribution < 1.29 is 19.1 Å². The van der Waals surface area contributed by atoms with Crippen molar-refractivity contribution in [1.29, 1.82) is 0 Å². The molecule has 3 rings (SSSR count). The summed E-state index contributed by atoms with van der Waals surface area (Å²) >= 11 is 4.25. The van der Waals surface area contributed by atoms with Crippen LogP contribution in [0.3, 0.4) is 0 Å². The van der Waals surface area contributed by atoms with Gasteiger partial charge in [-0.15, -0.1) is 0 Å². The molecule has 6 nitrogen and oxygen atoms in total. The Kier molecular flexibility index (Phi) is 7.54. The number of rotatable bonds is 9. The maximum atomic E-state index is 12.8. The van der Waals surface area contributed by atoms with E-state index < -0.39 is 24.0 Å². The van der Waals surface area contributed by atoms with E-state index >= 15 is 0 Å². The monoisotopic (exact) mass is 426 g/mol. The van der Waals surface area contributed by atoms with Crippen LogP contribution in [0.2, 0.25) is 0 Å². The summed E-state index contributed by atoms with van der Waals surface area (Å²) in [5, 5.41) is 3.77. The Morgan fingerprint density at radius 3 is 2.57 bits per heavy atom. The Morgan fingerprint density at radius 1 is 1.13 bits per heavy atom. The van der Waals surface area contributed by atoms with Crippen LogP contribution in [0.1, 0.15) is 16.7 Å². The number of aromatic amines is 1. The first kappa shape index (κ1) is 21.9. The van der Waals surface area contributed by atoms with Crippen molar-refractivity contribution in [3.63, 3.8) is 0 Å². The molecule has 3 aromatic rings. The third-order valence-corrected chi connectivity index (χ3v) is 5.26. The molecule has 30 heavy (non-hydrogen) atoms. The van der Waals surface area contributed by atoms with Gasteiger partial charge < -0.3 is 19.8 Å². The molecule has 7 heteroatoms. The second kappa shape index (κ2) is 10.3. The van der Waals surface area contributed by atoms with Crippen LogP contribution in [0.4, 0.5) is 0 Å². The first-order chi connectivity index (χ1) is 14.5. The Hall–Kier alpha value is -2.77. The molecule has 0 unspecified atom stereocenters. The number of hydrogen-bond acceptors (Lipinski definition) is 5. The van der Waals surface area contributed by atoms with Crippen LogP contribution in [0.5, 0.6) is 0 Å². The standard InChI is InChI=1S/C23H26N2O4S/c1-15-7-9-16(10-8-15)13-29-21(14-30)22(26)25-20(23(27)28-2)11-17-12-24-19-6-4-3-5-18(17)19/h3-10,12,20-21,24,30H,11,13-14H2,1-2H3,(H,25,26)/t20-,21-/m0/s1. The number of benzene rings is 2. The normalized spacial score (nSPS) is 13.0. The summed E-state index contributed by atoms with van der Waals surface area (Å²) in [5.74, 6) is -0.712. The maximum Gasteiger partial charge on any atom is 0.328 e. The number of fused-ring (bicyclic) bond motifs is 1. The fraction of sp³-hybridized carbons (Fsp3) is 0.304. The summed E-state index contributed by atoms with van der Waals surface area (Å²) in [5.41, 5.74) is 4.00. The Bertz CT molecular complexity index is 1000. The summed E-state index contributed by atoms with van der Waals surface area (Å²) in [6.07, 6.45) is 1.36. The predicted octanol–water partition coefficient (Wildman–Crippen LogP) is 3.19. The molecule has 0 fully saturated rings. The zero-order valence-electron chi connectivity index (χ0n) is 17.1. The highest BCUT2D eigenvalue weighted by atomic mass is 32.1. The van der Waals surface area contributed by atoms with E-state index in [9.17, 15) is 9.59 Å². The first-order valence-corrected chi connectivity index (χ1v) is 10.4. The second-order valence-electron chi connectivity index (χ2n) is 7.12. The van der Waals surface area contributed by atoms with E-state index in [0.717, 1.165) is 27.6 Å². The second-order valence-corrected chi connectivity index (χ2v) is 7.48. The number of aromatic nitrogens is 1. The molecule has 1 aromatic heterocycles. The Balaban J connectivity index is 1.67. The van der Waals surface area contributed by atoms with Gasteiger partial charge in [0.25, 0.3) is 5.91 Å². The van der Waals surface area contributed by atoms with Crippen LogP contribution in [0.25, 0.3) is 10.9 Å². The molecule has 1 amide bonds. The average molecular weight is 427 g/mol. The molecule has 0 radical (unpaired) electrons. The lowest BCUT2D eigenvalue weighted by atomic mass is 10.0. The van der Waals surface area contributed by atoms with Crippen LogP contribution >= 0.6 is 12.6 Å². The van der Waals surface area contributed by atoms with E-state index in [4.69, 9.17) is 9.47 Å². The number of thiol groups is 1. The van der Waals surface area contributed by atoms with Crippen LogP contribution in [0.15, 0.2) is 54.7 Å². The molecule has 0 aliphatic rings. The molecule has 0 aliphatic heterocycles. The predicted molar refractivity (Wildman–Crippen MR) is 120 cm³/mol. The van der Waals surface area contributed by atoms with Gasteiger partial charge in [-0.2, -0.15) is 12.6 Å². The molecule has 0 aliphatic carbocycles. The topological polar surface area (TPSA) is 80.4 Å². The number of para-hydroxylation sites is 1. The van der Waals surface area contributed by atoms with E-state index in [1.807, 2.05) is 61.7 Å². The molecule has 0 saturated heterocycles. The van der Waals surface area contributed by atoms with Crippen LogP contribution < -0.4 is 5.32 Å². The molecule has 0 saturated carbocycles. The van der Waals surface area contributed by atoms with Crippen molar-refractivity contribution in [3.05, 3.63) is 71.4 Å². The average Bonchev–Trinajstić information content (AvgIpc) is 3.17. The molecule has 2 atom stereocenters. The maximum absolute atomic E-state index is 12.8. The van der Waals surface area contributed by atoms with Gasteiger partial charge in [0, 0.05) is 29.3 Å². The highest BCUT2D eigenvalue weighted by Crippen LogP contribution is 2.19. The Morgan fingerprint density at radius 2 is 1.87 bits per heavy atom. The van der Waals surface area contributed by atoms with Crippen molar-refractivity contribution in [3.8, 4) is 0 Å². The summed E-state index contributed by atoms with van der Waals surface area (Å²) < 4.78 is 10.7. The quantitative estimate of drug-likeness (QED) is 0.363. The summed E-state index contributed by atoms with van der Waals surface area (Å²) in [6.45, 7) is 2.29. The number of carbonyl (C=O) groups is 2. The molecule has 158 valence electrons. The van der Waals surface area contributed by atoms with Gasteiger partial charge in [-0.3, -0.25) is 4.79 Å². The minimum absolute atomic E-state index is 0.193. The fourth-order valence-electron chi connectivity index (χ4n) is 3.21. The summed E-state index contributed by atoms with van der Waals surface area (Å²) in [6, 6.07) is 14.9. The number of methoxy groups -OCH3 is 1. The lowest BCUT2D eigenvalue weighted by molar-refractivity contribution is -0.146. The number of amides is 1. The number of H-pyrrole nitrogens is 1. The molecule has 0 spiro atoms. The van der Waals surface area contributed by atoms with E-state index in [0.29, 0.717) is 6.42 Å². The lowest BCUT2D eigenvalue weighted by Gasteiger charge is -2.21. The molecular formula is C23H26N2O4S. The molecule has 2 N–H and O–H groups in total. The number of ether oxygens (including phenoxy) is 2. The number of aryl methyl sites for hydroxylation is 1. The lowest BCUT2D eigenvalue weighted by Crippen LogP contribution is -2.48. The van der Waals surface area contributed by atoms with Crippen molar-refractivity contribution in [2.75, 3.05) is 12.9 Å². The van der Waals surface area contributed by atoms with E-state index in [1.165, 1.54) is 7.11 Å². The summed E-state index contributed by atoms with van der Waals surface area (Å²) in [7, 11) is 1.31. The minimum atomic E-state index is -0.827. The number of esters is 1. The first-order valence-electron chi connectivity index (χ1n) is 9.73. The number of carbonyl (C=O) groups excluding carboxylic acids is 2. The third kappa shape index (κ3) is 5.43. The number of hydrogen-bond donors (Lipinski definition) is 3. The molecule has 0 bridgehead atoms. The van der Waals surface area contributed by atoms with Gasteiger partial charge >= 0.3 is 5.97 Å². The zero-order chi connectivity index (χ0) is 21.5. The largest absolute Gasteiger partial charge is 0.467 e. The van der Waals surface area contributed by atoms with Crippen LogP contribution in [-0.2, 0) is 32.1 Å². The number of nitrogens with one attached hydrogen (secondary N) is 2. The van der Waals surface area contributed by atoms with Crippen molar-refractivity contribution >= 4 is 35.4 Å². The highest BCUT2D eigenvalue weighted by molar-refractivity contribution is 7.80. The zero-order valence-corrected chi connectivity index (χ0v) is 17.9. The van der Waals surface area contributed by atoms with Crippen LogP contribution in [0, 0.1) is 6.92 Å². The van der Waals surface area contributed by atoms with Gasteiger partial charge in [-0.05, 0) is 24.1 Å². The van der Waals surface area contributed by atoms with Crippen molar-refractivity contribution in [1.82, 2.24) is 10.3 Å². The third-order valence-electron chi connectivity index (χ3n) is 4.93. The van der Waals surface area contributed by atoms with E-state index in [2.05, 4.69) is 22.9 Å². The van der Waals surface area contributed by atoms with Crippen molar-refractivity contribution in [2.24, 2.45) is 0 Å². The van der Waals surface area contributed by atoms with Gasteiger partial charge in [0.2, 0.25) is 0 Å². The Labute approximate surface area is 181 Å². The van der Waals surface area contributed by atoms with Crippen molar-refractivity contribution in [2.45, 2.75) is 32.1 Å².